The molecule has 1 aromatic rings. The number of hydrogen-bond acceptors (Lipinski definition) is 3. The maximum atomic E-state index is 10.4. The number of hydrogen-bond donors (Lipinski definition) is 0. The van der Waals surface area contributed by atoms with E-state index in [-0.39, 0.29) is 5.69 Å². The molecule has 0 saturated carbocycles. The van der Waals surface area contributed by atoms with Crippen LogP contribution in [-0.2, 0) is 0 Å². The van der Waals surface area contributed by atoms with Gasteiger partial charge in [0.05, 0.1) is 4.92 Å². The second kappa shape index (κ2) is 3.13. The average molecular weight is 165 g/mol. The fourth-order valence-corrected chi connectivity index (χ4v) is 0.868. The lowest BCUT2D eigenvalue weighted by Gasteiger charge is -1.96. The van der Waals surface area contributed by atoms with Gasteiger partial charge < -0.3 is 0 Å². The molecule has 0 heterocycles. The van der Waals surface area contributed by atoms with Gasteiger partial charge in [0.15, 0.2) is 6.29 Å². The Balaban J connectivity index is 3.22. The normalized spacial score (nSPS) is 9.42. The van der Waals surface area contributed by atoms with Crippen molar-refractivity contribution >= 4 is 12.0 Å². The smallest absolute Gasteiger partial charge is 0.270 e. The van der Waals surface area contributed by atoms with Gasteiger partial charge in [-0.2, -0.15) is 0 Å². The molecule has 0 saturated heterocycles. The molecule has 0 amide bonds. The fraction of sp³-hybridized carbons (Fsp3) is 0.125. The molecule has 12 heavy (non-hydrogen) atoms. The minimum Gasteiger partial charge on any atom is -0.298 e. The lowest BCUT2D eigenvalue weighted by Crippen LogP contribution is -1.91. The predicted molar refractivity (Wildman–Crippen MR) is 43.2 cm³/mol. The Hall–Kier alpha value is -1.71. The van der Waals surface area contributed by atoms with E-state index in [0.717, 1.165) is 5.56 Å². The number of non-ortho nitro benzene ring substituents is 1. The number of nitro benzene ring substituents is 1. The van der Waals surface area contributed by atoms with Crippen LogP contribution in [0.4, 0.5) is 5.69 Å². The number of nitro groups is 1. The molecule has 0 spiro atoms. The maximum absolute atomic E-state index is 10.4. The number of benzene rings is 1. The Kier molecular flexibility index (Phi) is 2.19. The Morgan fingerprint density at radius 3 is 2.67 bits per heavy atom. The number of aryl methyl sites for hydroxylation is 1. The number of carbonyl (C=O) groups is 1. The highest BCUT2D eigenvalue weighted by Gasteiger charge is 2.06. The van der Waals surface area contributed by atoms with Crippen molar-refractivity contribution in [2.24, 2.45) is 0 Å². The minimum absolute atomic E-state index is 0.0531. The first kappa shape index (κ1) is 8.39. The fourth-order valence-electron chi connectivity index (χ4n) is 0.868. The van der Waals surface area contributed by atoms with Gasteiger partial charge in [0.1, 0.15) is 0 Å². The Morgan fingerprint density at radius 2 is 2.17 bits per heavy atom. The summed E-state index contributed by atoms with van der Waals surface area (Å²) in [6, 6.07) is 4.20. The van der Waals surface area contributed by atoms with E-state index in [9.17, 15) is 14.9 Å². The topological polar surface area (TPSA) is 60.2 Å². The number of nitrogens with zero attached hydrogens (tertiary/aromatic N) is 1. The van der Waals surface area contributed by atoms with Crippen molar-refractivity contribution in [2.75, 3.05) is 0 Å². The van der Waals surface area contributed by atoms with Crippen molar-refractivity contribution in [3.63, 3.8) is 0 Å². The zero-order valence-electron chi connectivity index (χ0n) is 6.48. The molecule has 0 fully saturated rings. The van der Waals surface area contributed by atoms with Crippen LogP contribution in [0.5, 0.6) is 0 Å². The summed E-state index contributed by atoms with van der Waals surface area (Å²) in [5.74, 6) is 0. The van der Waals surface area contributed by atoms with E-state index < -0.39 is 4.92 Å². The summed E-state index contributed by atoms with van der Waals surface area (Å²) in [5.41, 5.74) is 1.06. The van der Waals surface area contributed by atoms with Crippen molar-refractivity contribution in [2.45, 2.75) is 6.92 Å². The van der Waals surface area contributed by atoms with E-state index in [2.05, 4.69) is 0 Å². The highest BCUT2D eigenvalue weighted by Crippen LogP contribution is 2.15. The molecule has 0 atom stereocenters. The van der Waals surface area contributed by atoms with E-state index >= 15 is 0 Å². The Bertz CT molecular complexity index is 333. The van der Waals surface area contributed by atoms with Crippen LogP contribution in [0.3, 0.4) is 0 Å². The zero-order valence-corrected chi connectivity index (χ0v) is 6.48. The average Bonchev–Trinajstić information content (AvgIpc) is 2.05. The van der Waals surface area contributed by atoms with Gasteiger partial charge in [0.2, 0.25) is 0 Å². The summed E-state index contributed by atoms with van der Waals surface area (Å²) in [6.07, 6.45) is 0.613. The summed E-state index contributed by atoms with van der Waals surface area (Å²) in [6.45, 7) is 1.73. The third kappa shape index (κ3) is 1.47. The first-order valence-electron chi connectivity index (χ1n) is 3.35. The van der Waals surface area contributed by atoms with Gasteiger partial charge in [0, 0.05) is 17.7 Å². The van der Waals surface area contributed by atoms with Gasteiger partial charge in [0.25, 0.3) is 5.69 Å². The first-order valence-corrected chi connectivity index (χ1v) is 3.35. The van der Waals surface area contributed by atoms with Crippen molar-refractivity contribution in [3.05, 3.63) is 39.4 Å². The minimum atomic E-state index is -0.521. The summed E-state index contributed by atoms with van der Waals surface area (Å²) >= 11 is 0. The molecule has 4 heteroatoms. The molecule has 0 aliphatic rings. The third-order valence-corrected chi connectivity index (χ3v) is 1.60. The summed E-state index contributed by atoms with van der Waals surface area (Å²) in [4.78, 5) is 20.1. The van der Waals surface area contributed by atoms with Crippen LogP contribution in [0.1, 0.15) is 15.9 Å². The van der Waals surface area contributed by atoms with Crippen molar-refractivity contribution < 1.29 is 9.72 Å². The highest BCUT2D eigenvalue weighted by atomic mass is 16.6. The van der Waals surface area contributed by atoms with E-state index in [1.165, 1.54) is 12.1 Å². The third-order valence-electron chi connectivity index (χ3n) is 1.60. The van der Waals surface area contributed by atoms with Crippen LogP contribution < -0.4 is 0 Å². The van der Waals surface area contributed by atoms with E-state index in [4.69, 9.17) is 0 Å². The highest BCUT2D eigenvalue weighted by molar-refractivity contribution is 5.78. The Labute approximate surface area is 69.0 Å². The number of aldehydes is 1. The lowest BCUT2D eigenvalue weighted by atomic mass is 10.1. The summed E-state index contributed by atoms with van der Waals surface area (Å²) in [7, 11) is 0. The SMILES string of the molecule is Cc1ccc([N+](=O)[O-])cc1C=O. The van der Waals surface area contributed by atoms with Gasteiger partial charge in [-0.15, -0.1) is 0 Å². The molecule has 0 aliphatic carbocycles. The van der Waals surface area contributed by atoms with Gasteiger partial charge in [-0.25, -0.2) is 0 Å². The molecular formula is C8H7NO3. The van der Waals surface area contributed by atoms with E-state index in [1.54, 1.807) is 13.0 Å². The van der Waals surface area contributed by atoms with Crippen LogP contribution in [0.25, 0.3) is 0 Å². The van der Waals surface area contributed by atoms with Gasteiger partial charge >= 0.3 is 0 Å². The largest absolute Gasteiger partial charge is 0.298 e. The van der Waals surface area contributed by atoms with Crippen LogP contribution in [0, 0.1) is 17.0 Å². The molecule has 0 aromatic heterocycles. The van der Waals surface area contributed by atoms with Crippen LogP contribution in [0.15, 0.2) is 18.2 Å². The molecule has 0 unspecified atom stereocenters. The molecular weight excluding hydrogens is 158 g/mol. The zero-order chi connectivity index (χ0) is 9.14. The maximum Gasteiger partial charge on any atom is 0.270 e. The van der Waals surface area contributed by atoms with Gasteiger partial charge in [-0.3, -0.25) is 14.9 Å². The van der Waals surface area contributed by atoms with Crippen molar-refractivity contribution in [1.82, 2.24) is 0 Å². The second-order valence-electron chi connectivity index (χ2n) is 2.42. The monoisotopic (exact) mass is 165 g/mol. The second-order valence-corrected chi connectivity index (χ2v) is 2.42. The standard InChI is InChI=1S/C8H7NO3/c1-6-2-3-8(9(11)12)4-7(6)5-10/h2-5H,1H3. The van der Waals surface area contributed by atoms with Crippen LogP contribution in [0.2, 0.25) is 0 Å². The number of carbonyl (C=O) groups excluding carboxylic acids is 1. The van der Waals surface area contributed by atoms with Crippen molar-refractivity contribution in [3.8, 4) is 0 Å². The van der Waals surface area contributed by atoms with Crippen LogP contribution >= 0.6 is 0 Å². The van der Waals surface area contributed by atoms with Gasteiger partial charge in [-0.1, -0.05) is 6.07 Å². The predicted octanol–water partition coefficient (Wildman–Crippen LogP) is 1.72. The molecule has 1 aromatic carbocycles. The molecule has 0 aliphatic heterocycles. The molecule has 0 N–H and O–H groups in total. The van der Waals surface area contributed by atoms with Crippen LogP contribution in [-0.4, -0.2) is 11.2 Å². The van der Waals surface area contributed by atoms with E-state index in [0.29, 0.717) is 11.8 Å². The van der Waals surface area contributed by atoms with E-state index in [1.807, 2.05) is 0 Å². The lowest BCUT2D eigenvalue weighted by molar-refractivity contribution is -0.384. The molecule has 62 valence electrons. The number of rotatable bonds is 2. The molecule has 4 nitrogen and oxygen atoms in total. The quantitative estimate of drug-likeness (QED) is 0.380. The Morgan fingerprint density at radius 1 is 1.50 bits per heavy atom. The summed E-state index contributed by atoms with van der Waals surface area (Å²) < 4.78 is 0. The first-order chi connectivity index (χ1) is 5.65. The van der Waals surface area contributed by atoms with Crippen molar-refractivity contribution in [1.29, 1.82) is 0 Å². The molecule has 1 rings (SSSR count). The molecule has 0 bridgehead atoms. The molecule has 0 radical (unpaired) electrons. The van der Waals surface area contributed by atoms with Gasteiger partial charge in [-0.05, 0) is 12.5 Å². The summed E-state index contributed by atoms with van der Waals surface area (Å²) in [5, 5.41) is 10.3.